The minimum absolute atomic E-state index is 0.0764. The molecule has 102 valence electrons. The molecule has 2 rings (SSSR count). The molecule has 0 bridgehead atoms. The van der Waals surface area contributed by atoms with Crippen LogP contribution in [0.25, 0.3) is 0 Å². The Morgan fingerprint density at radius 2 is 2.26 bits per heavy atom. The number of ether oxygens (including phenoxy) is 1. The minimum Gasteiger partial charge on any atom is -0.467 e. The second-order valence-electron chi connectivity index (χ2n) is 3.94. The third-order valence-electron chi connectivity index (χ3n) is 2.34. The van der Waals surface area contributed by atoms with Gasteiger partial charge in [0.25, 0.3) is 0 Å². The van der Waals surface area contributed by atoms with Crippen molar-refractivity contribution < 1.29 is 9.15 Å². The Kier molecular flexibility index (Phi) is 4.57. The average molecular weight is 283 g/mol. The standard InChI is InChI=1S/C12H15ClN4O2/c1-3-6-19-12-16-10(13)15-11(17-12)14-8(2)9-5-4-7-18-9/h4-5,7-8H,3,6H2,1-2H3,(H,14,15,16,17). The molecule has 0 fully saturated rings. The van der Waals surface area contributed by atoms with Gasteiger partial charge in [-0.05, 0) is 37.1 Å². The predicted octanol–water partition coefficient (Wildman–Crippen LogP) is 3.08. The highest BCUT2D eigenvalue weighted by Gasteiger charge is 2.12. The molecule has 0 spiro atoms. The van der Waals surface area contributed by atoms with Gasteiger partial charge < -0.3 is 14.5 Å². The average Bonchev–Trinajstić information content (AvgIpc) is 2.89. The molecular formula is C12H15ClN4O2. The Balaban J connectivity index is 2.09. The lowest BCUT2D eigenvalue weighted by molar-refractivity contribution is 0.291. The third-order valence-corrected chi connectivity index (χ3v) is 2.51. The molecule has 6 nitrogen and oxygen atoms in total. The molecule has 7 heteroatoms. The summed E-state index contributed by atoms with van der Waals surface area (Å²) >= 11 is 5.83. The molecule has 0 amide bonds. The first-order valence-electron chi connectivity index (χ1n) is 6.03. The summed E-state index contributed by atoms with van der Waals surface area (Å²) in [5.74, 6) is 1.14. The molecule has 1 N–H and O–H groups in total. The van der Waals surface area contributed by atoms with E-state index in [1.54, 1.807) is 6.26 Å². The maximum Gasteiger partial charge on any atom is 0.322 e. The topological polar surface area (TPSA) is 73.1 Å². The highest BCUT2D eigenvalue weighted by Crippen LogP contribution is 2.19. The van der Waals surface area contributed by atoms with Crippen molar-refractivity contribution in [2.45, 2.75) is 26.3 Å². The maximum absolute atomic E-state index is 5.83. The van der Waals surface area contributed by atoms with E-state index in [1.807, 2.05) is 26.0 Å². The van der Waals surface area contributed by atoms with Crippen molar-refractivity contribution in [3.63, 3.8) is 0 Å². The third kappa shape index (κ3) is 3.82. The first kappa shape index (κ1) is 13.6. The summed E-state index contributed by atoms with van der Waals surface area (Å²) in [6.07, 6.45) is 2.48. The van der Waals surface area contributed by atoms with Crippen molar-refractivity contribution in [1.82, 2.24) is 15.0 Å². The number of anilines is 1. The number of hydrogen-bond donors (Lipinski definition) is 1. The van der Waals surface area contributed by atoms with Crippen molar-refractivity contribution >= 4 is 17.5 Å². The molecule has 0 aromatic carbocycles. The van der Waals surface area contributed by atoms with Crippen molar-refractivity contribution in [2.75, 3.05) is 11.9 Å². The Labute approximate surface area is 116 Å². The summed E-state index contributed by atoms with van der Waals surface area (Å²) < 4.78 is 10.6. The van der Waals surface area contributed by atoms with Gasteiger partial charge in [0.05, 0.1) is 18.9 Å². The molecular weight excluding hydrogens is 268 g/mol. The normalized spacial score (nSPS) is 12.2. The van der Waals surface area contributed by atoms with Crippen LogP contribution in [0.3, 0.4) is 0 Å². The van der Waals surface area contributed by atoms with Crippen molar-refractivity contribution in [2.24, 2.45) is 0 Å². The zero-order valence-corrected chi connectivity index (χ0v) is 11.5. The first-order chi connectivity index (χ1) is 9.19. The maximum atomic E-state index is 5.83. The summed E-state index contributed by atoms with van der Waals surface area (Å²) in [4.78, 5) is 12.0. The number of rotatable bonds is 6. The fourth-order valence-electron chi connectivity index (χ4n) is 1.46. The number of halogens is 1. The van der Waals surface area contributed by atoms with E-state index in [-0.39, 0.29) is 17.3 Å². The highest BCUT2D eigenvalue weighted by atomic mass is 35.5. The highest BCUT2D eigenvalue weighted by molar-refractivity contribution is 6.28. The number of aromatic nitrogens is 3. The molecule has 0 radical (unpaired) electrons. The minimum atomic E-state index is -0.0764. The first-order valence-corrected chi connectivity index (χ1v) is 6.41. The van der Waals surface area contributed by atoms with Crippen LogP contribution in [0.15, 0.2) is 22.8 Å². The SMILES string of the molecule is CCCOc1nc(Cl)nc(NC(C)c2ccco2)n1. The monoisotopic (exact) mass is 282 g/mol. The van der Waals surface area contributed by atoms with E-state index in [0.717, 1.165) is 12.2 Å². The fourth-order valence-corrected chi connectivity index (χ4v) is 1.61. The van der Waals surface area contributed by atoms with Gasteiger partial charge in [0.1, 0.15) is 5.76 Å². The van der Waals surface area contributed by atoms with Crippen LogP contribution in [0, 0.1) is 0 Å². The summed E-state index contributed by atoms with van der Waals surface area (Å²) in [6, 6.07) is 3.84. The van der Waals surface area contributed by atoms with Crippen LogP contribution in [0.1, 0.15) is 32.1 Å². The van der Waals surface area contributed by atoms with Gasteiger partial charge in [0.15, 0.2) is 0 Å². The van der Waals surface area contributed by atoms with E-state index in [1.165, 1.54) is 0 Å². The number of nitrogens with one attached hydrogen (secondary N) is 1. The van der Waals surface area contributed by atoms with E-state index in [2.05, 4.69) is 20.3 Å². The molecule has 1 unspecified atom stereocenters. The second kappa shape index (κ2) is 6.38. The fraction of sp³-hybridized carbons (Fsp3) is 0.417. The van der Waals surface area contributed by atoms with Gasteiger partial charge >= 0.3 is 6.01 Å². The summed E-state index contributed by atoms with van der Waals surface area (Å²) in [6.45, 7) is 4.47. The Morgan fingerprint density at radius 3 is 2.95 bits per heavy atom. The van der Waals surface area contributed by atoms with Crippen LogP contribution < -0.4 is 10.1 Å². The van der Waals surface area contributed by atoms with E-state index in [9.17, 15) is 0 Å². The smallest absolute Gasteiger partial charge is 0.322 e. The Morgan fingerprint density at radius 1 is 1.42 bits per heavy atom. The van der Waals surface area contributed by atoms with Crippen molar-refractivity contribution in [3.8, 4) is 6.01 Å². The van der Waals surface area contributed by atoms with Gasteiger partial charge in [-0.2, -0.15) is 15.0 Å². The largest absolute Gasteiger partial charge is 0.467 e. The Hall–Kier alpha value is -1.82. The predicted molar refractivity (Wildman–Crippen MR) is 71.4 cm³/mol. The summed E-state index contributed by atoms with van der Waals surface area (Å²) in [5.41, 5.74) is 0. The van der Waals surface area contributed by atoms with Crippen molar-refractivity contribution in [3.05, 3.63) is 29.4 Å². The quantitative estimate of drug-likeness (QED) is 0.878. The van der Waals surface area contributed by atoms with Gasteiger partial charge in [-0.25, -0.2) is 0 Å². The van der Waals surface area contributed by atoms with Crippen LogP contribution in [-0.4, -0.2) is 21.6 Å². The van der Waals surface area contributed by atoms with E-state index in [4.69, 9.17) is 20.8 Å². The van der Waals surface area contributed by atoms with E-state index < -0.39 is 0 Å². The lowest BCUT2D eigenvalue weighted by Crippen LogP contribution is -2.11. The van der Waals surface area contributed by atoms with Crippen LogP contribution in [0.4, 0.5) is 5.95 Å². The number of furan rings is 1. The molecule has 2 aromatic heterocycles. The van der Waals surface area contributed by atoms with Gasteiger partial charge in [-0.3, -0.25) is 0 Å². The van der Waals surface area contributed by atoms with Gasteiger partial charge in [0.2, 0.25) is 11.2 Å². The molecule has 2 heterocycles. The second-order valence-corrected chi connectivity index (χ2v) is 4.28. The zero-order chi connectivity index (χ0) is 13.7. The molecule has 1 atom stereocenters. The molecule has 0 saturated carbocycles. The lowest BCUT2D eigenvalue weighted by atomic mass is 10.2. The van der Waals surface area contributed by atoms with Crippen LogP contribution in [0.2, 0.25) is 5.28 Å². The molecule has 19 heavy (non-hydrogen) atoms. The Bertz CT molecular complexity index is 518. The number of hydrogen-bond acceptors (Lipinski definition) is 6. The lowest BCUT2D eigenvalue weighted by Gasteiger charge is -2.11. The van der Waals surface area contributed by atoms with Crippen LogP contribution in [-0.2, 0) is 0 Å². The zero-order valence-electron chi connectivity index (χ0n) is 10.8. The van der Waals surface area contributed by atoms with Crippen LogP contribution >= 0.6 is 11.6 Å². The van der Waals surface area contributed by atoms with Gasteiger partial charge in [0, 0.05) is 0 Å². The van der Waals surface area contributed by atoms with Crippen LogP contribution in [0.5, 0.6) is 6.01 Å². The molecule has 0 aliphatic heterocycles. The number of nitrogens with zero attached hydrogens (tertiary/aromatic N) is 3. The van der Waals surface area contributed by atoms with Gasteiger partial charge in [-0.1, -0.05) is 6.92 Å². The van der Waals surface area contributed by atoms with E-state index >= 15 is 0 Å². The summed E-state index contributed by atoms with van der Waals surface area (Å²) in [7, 11) is 0. The molecule has 0 aliphatic rings. The molecule has 0 aliphatic carbocycles. The molecule has 0 saturated heterocycles. The van der Waals surface area contributed by atoms with E-state index in [0.29, 0.717) is 12.6 Å². The van der Waals surface area contributed by atoms with Crippen molar-refractivity contribution in [1.29, 1.82) is 0 Å². The summed E-state index contributed by atoms with van der Waals surface area (Å²) in [5, 5.41) is 3.17. The van der Waals surface area contributed by atoms with Gasteiger partial charge in [-0.15, -0.1) is 0 Å². The molecule has 2 aromatic rings.